The number of aryl methyl sites for hydroxylation is 3. The second kappa shape index (κ2) is 11.8. The fraction of sp³-hybridized carbons (Fsp3) is 0.548. The largest absolute Gasteiger partial charge is 0.374 e. The maximum Gasteiger partial charge on any atom is 0.0756 e. The maximum absolute atomic E-state index is 6.32. The normalized spacial score (nSPS) is 25.7. The fourth-order valence-electron chi connectivity index (χ4n) is 5.54. The van der Waals surface area contributed by atoms with Gasteiger partial charge in [0.1, 0.15) is 0 Å². The molecule has 0 radical (unpaired) electrons. The predicted octanol–water partition coefficient (Wildman–Crippen LogP) is 8.21. The van der Waals surface area contributed by atoms with Gasteiger partial charge in [-0.25, -0.2) is 0 Å². The van der Waals surface area contributed by atoms with E-state index >= 15 is 0 Å². The molecule has 172 valence electrons. The van der Waals surface area contributed by atoms with Crippen LogP contribution >= 0.6 is 0 Å². The molecule has 0 aromatic heterocycles. The van der Waals surface area contributed by atoms with Gasteiger partial charge in [-0.05, 0) is 74.0 Å². The SMILES string of the molecule is CCCC1CCC(COC2C=CC(c3ccc(CCc4ccc(C)cc4)cc3)CC2)CC1. The Morgan fingerprint density at radius 3 is 1.94 bits per heavy atom. The van der Waals surface area contributed by atoms with Gasteiger partial charge in [0.25, 0.3) is 0 Å². The molecule has 0 amide bonds. The first-order valence-corrected chi connectivity index (χ1v) is 13.1. The van der Waals surface area contributed by atoms with Crippen molar-refractivity contribution in [3.8, 4) is 0 Å². The highest BCUT2D eigenvalue weighted by Gasteiger charge is 2.23. The Morgan fingerprint density at radius 1 is 0.719 bits per heavy atom. The Kier molecular flexibility index (Phi) is 8.62. The van der Waals surface area contributed by atoms with Gasteiger partial charge in [0.2, 0.25) is 0 Å². The molecule has 32 heavy (non-hydrogen) atoms. The van der Waals surface area contributed by atoms with Crippen LogP contribution in [0.2, 0.25) is 0 Å². The van der Waals surface area contributed by atoms with E-state index in [1.807, 2.05) is 0 Å². The van der Waals surface area contributed by atoms with E-state index in [2.05, 4.69) is 74.5 Å². The van der Waals surface area contributed by atoms with Crippen molar-refractivity contribution < 1.29 is 4.74 Å². The van der Waals surface area contributed by atoms with Gasteiger partial charge in [0, 0.05) is 5.92 Å². The van der Waals surface area contributed by atoms with Gasteiger partial charge in [-0.2, -0.15) is 0 Å². The van der Waals surface area contributed by atoms with Crippen LogP contribution in [-0.4, -0.2) is 12.7 Å². The average molecular weight is 431 g/mol. The number of rotatable bonds is 9. The molecule has 0 bridgehead atoms. The van der Waals surface area contributed by atoms with Crippen LogP contribution in [-0.2, 0) is 17.6 Å². The minimum Gasteiger partial charge on any atom is -0.374 e. The summed E-state index contributed by atoms with van der Waals surface area (Å²) in [5.41, 5.74) is 5.65. The summed E-state index contributed by atoms with van der Waals surface area (Å²) >= 11 is 0. The van der Waals surface area contributed by atoms with Crippen LogP contribution in [0.3, 0.4) is 0 Å². The van der Waals surface area contributed by atoms with Gasteiger partial charge < -0.3 is 4.74 Å². The Morgan fingerprint density at radius 2 is 1.34 bits per heavy atom. The Hall–Kier alpha value is -1.86. The second-order valence-corrected chi connectivity index (χ2v) is 10.3. The third-order valence-corrected chi connectivity index (χ3v) is 7.76. The lowest BCUT2D eigenvalue weighted by atomic mass is 9.80. The standard InChI is InChI=1S/C31H42O/c1-3-4-25-11-13-28(14-12-25)23-32-31-21-19-30(20-22-31)29-17-15-27(16-18-29)10-9-26-7-5-24(2)6-8-26/h5-8,15-19,21,25,28,30-31H,3-4,9-14,20,22-23H2,1-2H3. The molecule has 2 atom stereocenters. The molecule has 1 nitrogen and oxygen atoms in total. The number of allylic oxidation sites excluding steroid dienone is 1. The van der Waals surface area contributed by atoms with E-state index in [4.69, 9.17) is 4.74 Å². The van der Waals surface area contributed by atoms with E-state index in [1.54, 1.807) is 0 Å². The summed E-state index contributed by atoms with van der Waals surface area (Å²) in [5, 5.41) is 0. The third-order valence-electron chi connectivity index (χ3n) is 7.76. The smallest absolute Gasteiger partial charge is 0.0756 e. The van der Waals surface area contributed by atoms with Gasteiger partial charge in [0.05, 0.1) is 12.7 Å². The molecule has 0 saturated heterocycles. The van der Waals surface area contributed by atoms with Crippen molar-refractivity contribution in [2.24, 2.45) is 11.8 Å². The Bertz CT molecular complexity index is 824. The summed E-state index contributed by atoms with van der Waals surface area (Å²) in [6, 6.07) is 18.3. The van der Waals surface area contributed by atoms with E-state index in [0.29, 0.717) is 12.0 Å². The summed E-state index contributed by atoms with van der Waals surface area (Å²) < 4.78 is 6.32. The van der Waals surface area contributed by atoms with Gasteiger partial charge in [-0.1, -0.05) is 98.9 Å². The molecule has 2 unspecified atom stereocenters. The topological polar surface area (TPSA) is 9.23 Å². The van der Waals surface area contributed by atoms with E-state index < -0.39 is 0 Å². The summed E-state index contributed by atoms with van der Waals surface area (Å²) in [6.45, 7) is 5.43. The minimum absolute atomic E-state index is 0.327. The summed E-state index contributed by atoms with van der Waals surface area (Å²) in [5.74, 6) is 2.33. The second-order valence-electron chi connectivity index (χ2n) is 10.3. The number of benzene rings is 2. The van der Waals surface area contributed by atoms with Gasteiger partial charge in [-0.3, -0.25) is 0 Å². The molecular formula is C31H42O. The van der Waals surface area contributed by atoms with Crippen molar-refractivity contribution in [2.75, 3.05) is 6.61 Å². The lowest BCUT2D eigenvalue weighted by Crippen LogP contribution is -2.23. The van der Waals surface area contributed by atoms with Crippen molar-refractivity contribution in [1.82, 2.24) is 0 Å². The zero-order valence-corrected chi connectivity index (χ0v) is 20.3. The zero-order valence-electron chi connectivity index (χ0n) is 20.3. The Balaban J connectivity index is 1.19. The molecule has 4 rings (SSSR count). The van der Waals surface area contributed by atoms with Crippen LogP contribution in [0.4, 0.5) is 0 Å². The molecule has 1 heteroatoms. The molecule has 2 aliphatic rings. The summed E-state index contributed by atoms with van der Waals surface area (Å²) in [6.07, 6.45) is 18.0. The van der Waals surface area contributed by atoms with Crippen molar-refractivity contribution in [3.05, 3.63) is 82.9 Å². The first-order chi connectivity index (χ1) is 15.7. The zero-order chi connectivity index (χ0) is 22.2. The molecule has 0 heterocycles. The number of hydrogen-bond donors (Lipinski definition) is 0. The van der Waals surface area contributed by atoms with E-state index in [1.165, 1.54) is 67.2 Å². The molecule has 2 aliphatic carbocycles. The first-order valence-electron chi connectivity index (χ1n) is 13.1. The first kappa shape index (κ1) is 23.3. The van der Waals surface area contributed by atoms with Crippen LogP contribution in [0, 0.1) is 18.8 Å². The number of ether oxygens (including phenoxy) is 1. The molecule has 2 aromatic carbocycles. The molecule has 0 spiro atoms. The monoisotopic (exact) mass is 430 g/mol. The fourth-order valence-corrected chi connectivity index (χ4v) is 5.54. The van der Waals surface area contributed by atoms with E-state index in [9.17, 15) is 0 Å². The van der Waals surface area contributed by atoms with Crippen molar-refractivity contribution in [2.45, 2.75) is 90.1 Å². The molecule has 0 aliphatic heterocycles. The highest BCUT2D eigenvalue weighted by molar-refractivity contribution is 5.30. The Labute approximate surface area is 196 Å². The highest BCUT2D eigenvalue weighted by Crippen LogP contribution is 2.33. The van der Waals surface area contributed by atoms with Crippen LogP contribution in [0.5, 0.6) is 0 Å². The highest BCUT2D eigenvalue weighted by atomic mass is 16.5. The molecule has 1 fully saturated rings. The lowest BCUT2D eigenvalue weighted by Gasteiger charge is -2.30. The van der Waals surface area contributed by atoms with Crippen LogP contribution in [0.25, 0.3) is 0 Å². The van der Waals surface area contributed by atoms with Crippen molar-refractivity contribution in [3.63, 3.8) is 0 Å². The number of hydrogen-bond acceptors (Lipinski definition) is 1. The van der Waals surface area contributed by atoms with Crippen molar-refractivity contribution >= 4 is 0 Å². The minimum atomic E-state index is 0.327. The van der Waals surface area contributed by atoms with Gasteiger partial charge in [-0.15, -0.1) is 0 Å². The van der Waals surface area contributed by atoms with Crippen LogP contribution < -0.4 is 0 Å². The van der Waals surface area contributed by atoms with Crippen molar-refractivity contribution in [1.29, 1.82) is 0 Å². The van der Waals surface area contributed by atoms with Crippen LogP contribution in [0.1, 0.15) is 86.5 Å². The van der Waals surface area contributed by atoms with E-state index in [0.717, 1.165) is 37.7 Å². The average Bonchev–Trinajstić information content (AvgIpc) is 2.84. The maximum atomic E-state index is 6.32. The lowest BCUT2D eigenvalue weighted by molar-refractivity contribution is 0.0332. The van der Waals surface area contributed by atoms with Gasteiger partial charge in [0.15, 0.2) is 0 Å². The summed E-state index contributed by atoms with van der Waals surface area (Å²) in [7, 11) is 0. The predicted molar refractivity (Wildman–Crippen MR) is 136 cm³/mol. The van der Waals surface area contributed by atoms with E-state index in [-0.39, 0.29) is 0 Å². The molecule has 0 N–H and O–H groups in total. The third kappa shape index (κ3) is 6.82. The van der Waals surface area contributed by atoms with Gasteiger partial charge >= 0.3 is 0 Å². The quantitative estimate of drug-likeness (QED) is 0.364. The molecular weight excluding hydrogens is 388 g/mol. The molecule has 1 saturated carbocycles. The summed E-state index contributed by atoms with van der Waals surface area (Å²) in [4.78, 5) is 0. The molecule has 2 aromatic rings. The van der Waals surface area contributed by atoms with Crippen LogP contribution in [0.15, 0.2) is 60.7 Å².